The zero-order chi connectivity index (χ0) is 13.6. The number of aromatic nitrogens is 1. The van der Waals surface area contributed by atoms with Gasteiger partial charge in [0.15, 0.2) is 0 Å². The summed E-state index contributed by atoms with van der Waals surface area (Å²) in [7, 11) is 0. The molecule has 0 bridgehead atoms. The molecule has 0 aliphatic heterocycles. The van der Waals surface area contributed by atoms with Gasteiger partial charge in [0.05, 0.1) is 11.2 Å². The van der Waals surface area contributed by atoms with E-state index in [2.05, 4.69) is 20.9 Å². The number of halogens is 1. The van der Waals surface area contributed by atoms with Crippen molar-refractivity contribution >= 4 is 22.0 Å². The van der Waals surface area contributed by atoms with Crippen LogP contribution < -0.4 is 0 Å². The van der Waals surface area contributed by atoms with Gasteiger partial charge >= 0.3 is 6.09 Å². The Bertz CT molecular complexity index is 461. The molecule has 0 unspecified atom stereocenters. The number of amides is 1. The van der Waals surface area contributed by atoms with Gasteiger partial charge in [0.2, 0.25) is 0 Å². The zero-order valence-corrected chi connectivity index (χ0v) is 12.4. The molecule has 1 amide bonds. The average Bonchev–Trinajstić information content (AvgIpc) is 2.97. The van der Waals surface area contributed by atoms with E-state index in [9.17, 15) is 9.90 Å². The van der Waals surface area contributed by atoms with E-state index in [0.717, 1.165) is 23.0 Å². The van der Waals surface area contributed by atoms with Crippen molar-refractivity contribution in [2.45, 2.75) is 44.7 Å². The number of hydrogen-bond acceptors (Lipinski definition) is 2. The number of hydrogen-bond donors (Lipinski definition) is 1. The van der Waals surface area contributed by atoms with Crippen LogP contribution >= 0.6 is 15.9 Å². The molecule has 0 saturated heterocycles. The Hall–Kier alpha value is -1.10. The first kappa shape index (κ1) is 13.3. The van der Waals surface area contributed by atoms with Crippen LogP contribution in [0.25, 0.3) is 0 Å². The van der Waals surface area contributed by atoms with E-state index in [1.165, 1.54) is 4.90 Å². The molecule has 2 rings (SSSR count). The summed E-state index contributed by atoms with van der Waals surface area (Å²) in [6.45, 7) is 5.75. The maximum Gasteiger partial charge on any atom is 0.408 e. The third kappa shape index (κ3) is 2.23. The summed E-state index contributed by atoms with van der Waals surface area (Å²) in [5.41, 5.74) is -0.0370. The predicted molar refractivity (Wildman–Crippen MR) is 72.5 cm³/mol. The van der Waals surface area contributed by atoms with Crippen LogP contribution in [0.1, 0.15) is 39.3 Å². The molecule has 1 aliphatic carbocycles. The Labute approximate surface area is 115 Å². The van der Waals surface area contributed by atoms with E-state index in [-0.39, 0.29) is 0 Å². The Morgan fingerprint density at radius 2 is 2.06 bits per heavy atom. The predicted octanol–water partition coefficient (Wildman–Crippen LogP) is 3.61. The second-order valence-electron chi connectivity index (χ2n) is 5.68. The van der Waals surface area contributed by atoms with Crippen molar-refractivity contribution in [2.24, 2.45) is 0 Å². The number of carbonyl (C=O) groups is 1. The number of nitrogens with zero attached hydrogens (tertiary/aromatic N) is 2. The van der Waals surface area contributed by atoms with Gasteiger partial charge in [-0.25, -0.2) is 4.79 Å². The van der Waals surface area contributed by atoms with Gasteiger partial charge in [0.1, 0.15) is 0 Å². The minimum Gasteiger partial charge on any atom is -0.465 e. The summed E-state index contributed by atoms with van der Waals surface area (Å²) in [5, 5.41) is 9.49. The minimum absolute atomic E-state index is 0.433. The molecule has 4 nitrogen and oxygen atoms in total. The van der Waals surface area contributed by atoms with Crippen molar-refractivity contribution in [1.29, 1.82) is 0 Å². The minimum atomic E-state index is -0.885. The quantitative estimate of drug-likeness (QED) is 0.907. The van der Waals surface area contributed by atoms with Crippen LogP contribution in [0.3, 0.4) is 0 Å². The molecular formula is C13H17BrN2O2. The number of carboxylic acid groups (broad SMARTS) is 1. The van der Waals surface area contributed by atoms with E-state index in [1.54, 1.807) is 6.20 Å². The SMILES string of the molecule is CC(C)(C)N(C(=O)O)C1(c2ccc(Br)cn2)CC1. The smallest absolute Gasteiger partial charge is 0.408 e. The van der Waals surface area contributed by atoms with Gasteiger partial charge in [-0.15, -0.1) is 0 Å². The fraction of sp³-hybridized carbons (Fsp3) is 0.538. The lowest BCUT2D eigenvalue weighted by atomic mass is 9.99. The Kier molecular flexibility index (Phi) is 3.13. The van der Waals surface area contributed by atoms with Crippen LogP contribution in [-0.4, -0.2) is 26.6 Å². The van der Waals surface area contributed by atoms with Gasteiger partial charge < -0.3 is 5.11 Å². The molecule has 0 radical (unpaired) electrons. The molecule has 1 aromatic rings. The van der Waals surface area contributed by atoms with Gasteiger partial charge in [0.25, 0.3) is 0 Å². The summed E-state index contributed by atoms with van der Waals surface area (Å²) < 4.78 is 0.902. The molecular weight excluding hydrogens is 296 g/mol. The van der Waals surface area contributed by atoms with Crippen molar-refractivity contribution in [3.05, 3.63) is 28.5 Å². The summed E-state index contributed by atoms with van der Waals surface area (Å²) >= 11 is 3.35. The first-order chi connectivity index (χ1) is 8.27. The fourth-order valence-electron chi connectivity index (χ4n) is 2.48. The number of rotatable bonds is 2. The highest BCUT2D eigenvalue weighted by Gasteiger charge is 2.56. The molecule has 18 heavy (non-hydrogen) atoms. The Morgan fingerprint density at radius 3 is 2.39 bits per heavy atom. The standard InChI is InChI=1S/C13H17BrN2O2/c1-12(2,3)16(11(17)18)13(6-7-13)10-5-4-9(14)8-15-10/h4-5,8H,6-7H2,1-3H3,(H,17,18). The van der Waals surface area contributed by atoms with Gasteiger partial charge in [-0.2, -0.15) is 0 Å². The lowest BCUT2D eigenvalue weighted by Crippen LogP contribution is -2.51. The van der Waals surface area contributed by atoms with Crippen LogP contribution in [-0.2, 0) is 5.54 Å². The van der Waals surface area contributed by atoms with Crippen molar-refractivity contribution in [2.75, 3.05) is 0 Å². The first-order valence-electron chi connectivity index (χ1n) is 5.93. The second-order valence-corrected chi connectivity index (χ2v) is 6.60. The highest BCUT2D eigenvalue weighted by Crippen LogP contribution is 2.52. The summed E-state index contributed by atoms with van der Waals surface area (Å²) in [6.07, 6.45) is 2.51. The van der Waals surface area contributed by atoms with Crippen LogP contribution in [0.5, 0.6) is 0 Å². The van der Waals surface area contributed by atoms with Gasteiger partial charge in [0, 0.05) is 16.2 Å². The molecule has 98 valence electrons. The normalized spacial score (nSPS) is 17.3. The molecule has 1 N–H and O–H groups in total. The Morgan fingerprint density at radius 1 is 1.44 bits per heavy atom. The highest BCUT2D eigenvalue weighted by atomic mass is 79.9. The molecule has 1 saturated carbocycles. The fourth-order valence-corrected chi connectivity index (χ4v) is 2.71. The molecule has 1 aromatic heterocycles. The molecule has 5 heteroatoms. The van der Waals surface area contributed by atoms with Gasteiger partial charge in [-0.3, -0.25) is 9.88 Å². The van der Waals surface area contributed by atoms with Gasteiger partial charge in [-0.05, 0) is 61.7 Å². The third-order valence-electron chi connectivity index (χ3n) is 3.22. The van der Waals surface area contributed by atoms with Crippen LogP contribution in [0, 0.1) is 0 Å². The van der Waals surface area contributed by atoms with E-state index < -0.39 is 17.2 Å². The zero-order valence-electron chi connectivity index (χ0n) is 10.8. The number of pyridine rings is 1. The Balaban J connectivity index is 2.41. The summed E-state index contributed by atoms with van der Waals surface area (Å²) in [5.74, 6) is 0. The van der Waals surface area contributed by atoms with E-state index in [0.29, 0.717) is 0 Å². The molecule has 1 heterocycles. The summed E-state index contributed by atoms with van der Waals surface area (Å²) in [4.78, 5) is 17.5. The lowest BCUT2D eigenvalue weighted by Gasteiger charge is -2.39. The maximum atomic E-state index is 11.6. The van der Waals surface area contributed by atoms with E-state index in [1.807, 2.05) is 32.9 Å². The maximum absolute atomic E-state index is 11.6. The topological polar surface area (TPSA) is 53.4 Å². The lowest BCUT2D eigenvalue weighted by molar-refractivity contribution is 0.0579. The van der Waals surface area contributed by atoms with Crippen LogP contribution in [0.15, 0.2) is 22.8 Å². The van der Waals surface area contributed by atoms with Crippen molar-refractivity contribution in [3.63, 3.8) is 0 Å². The van der Waals surface area contributed by atoms with E-state index >= 15 is 0 Å². The molecule has 0 spiro atoms. The largest absolute Gasteiger partial charge is 0.465 e. The average molecular weight is 313 g/mol. The van der Waals surface area contributed by atoms with E-state index in [4.69, 9.17) is 0 Å². The van der Waals surface area contributed by atoms with Gasteiger partial charge in [-0.1, -0.05) is 0 Å². The molecule has 0 atom stereocenters. The molecule has 1 aliphatic rings. The van der Waals surface area contributed by atoms with Crippen LogP contribution in [0.4, 0.5) is 4.79 Å². The first-order valence-corrected chi connectivity index (χ1v) is 6.72. The molecule has 1 fully saturated rings. The monoisotopic (exact) mass is 312 g/mol. The second kappa shape index (κ2) is 4.23. The van der Waals surface area contributed by atoms with Crippen molar-refractivity contribution < 1.29 is 9.90 Å². The van der Waals surface area contributed by atoms with Crippen molar-refractivity contribution in [3.8, 4) is 0 Å². The highest BCUT2D eigenvalue weighted by molar-refractivity contribution is 9.10. The summed E-state index contributed by atoms with van der Waals surface area (Å²) in [6, 6.07) is 3.81. The van der Waals surface area contributed by atoms with Crippen LogP contribution in [0.2, 0.25) is 0 Å². The molecule has 0 aromatic carbocycles. The van der Waals surface area contributed by atoms with Crippen molar-refractivity contribution in [1.82, 2.24) is 9.88 Å². The third-order valence-corrected chi connectivity index (χ3v) is 3.69.